The molecule has 5 rings (SSSR count). The number of carbonyl (C=O) groups excluding carboxylic acids is 1. The van der Waals surface area contributed by atoms with Crippen molar-refractivity contribution in [1.29, 1.82) is 0 Å². The van der Waals surface area contributed by atoms with Crippen LogP contribution in [-0.4, -0.2) is 22.0 Å². The van der Waals surface area contributed by atoms with Crippen LogP contribution in [0.5, 0.6) is 0 Å². The number of Topliss-reactive ketones (excluding diaryl/α,β-unsaturated/α-hetero) is 1. The third-order valence-corrected chi connectivity index (χ3v) is 8.98. The van der Waals surface area contributed by atoms with Crippen molar-refractivity contribution in [1.82, 2.24) is 4.98 Å². The zero-order chi connectivity index (χ0) is 18.8. The molecule has 1 aromatic heterocycles. The highest BCUT2D eigenvalue weighted by atomic mass is 16.3. The van der Waals surface area contributed by atoms with Gasteiger partial charge in [-0.3, -0.25) is 9.78 Å². The fourth-order valence-electron chi connectivity index (χ4n) is 7.56. The Bertz CT molecular complexity index is 787. The molecule has 144 valence electrons. The molecule has 3 nitrogen and oxygen atoms in total. The van der Waals surface area contributed by atoms with Gasteiger partial charge >= 0.3 is 0 Å². The average Bonchev–Trinajstić information content (AvgIpc) is 3.01. The maximum atomic E-state index is 13.1. The van der Waals surface area contributed by atoms with E-state index in [1.165, 1.54) is 24.0 Å². The van der Waals surface area contributed by atoms with Gasteiger partial charge in [0.2, 0.25) is 0 Å². The second-order valence-electron chi connectivity index (χ2n) is 10.1. The minimum atomic E-state index is -0.275. The molecule has 27 heavy (non-hydrogen) atoms. The standard InChI is InChI=1S/C24H31NO2/c1-23-10-8-20-17(13-22(27)21-12-16(26)7-9-24(20,21)2)19(23)6-5-18(23)15-4-3-11-25-14-15/h3-5,11,14,16-17,19-21,26H,6-10,12-13H2,1-2H3/t16?,17-,19-,20+,21?,23+,24+/m0/s1. The van der Waals surface area contributed by atoms with Crippen molar-refractivity contribution in [3.05, 3.63) is 36.2 Å². The maximum Gasteiger partial charge on any atom is 0.136 e. The van der Waals surface area contributed by atoms with Crippen molar-refractivity contribution in [3.63, 3.8) is 0 Å². The number of aliphatic hydroxyl groups is 1. The molecule has 3 heteroatoms. The number of aromatic nitrogens is 1. The number of hydrogen-bond acceptors (Lipinski definition) is 3. The van der Waals surface area contributed by atoms with Crippen LogP contribution in [0.3, 0.4) is 0 Å². The van der Waals surface area contributed by atoms with Crippen molar-refractivity contribution in [3.8, 4) is 0 Å². The number of hydrogen-bond donors (Lipinski definition) is 1. The third kappa shape index (κ3) is 2.43. The molecule has 4 aliphatic rings. The van der Waals surface area contributed by atoms with Gasteiger partial charge in [-0.25, -0.2) is 0 Å². The van der Waals surface area contributed by atoms with E-state index in [-0.39, 0.29) is 22.9 Å². The van der Waals surface area contributed by atoms with Crippen LogP contribution in [0.1, 0.15) is 64.4 Å². The molecule has 0 radical (unpaired) electrons. The molecular formula is C24H31NO2. The van der Waals surface area contributed by atoms with Crippen LogP contribution in [0.2, 0.25) is 0 Å². The number of carbonyl (C=O) groups is 1. The Morgan fingerprint density at radius 1 is 1.19 bits per heavy atom. The molecule has 3 fully saturated rings. The second kappa shape index (κ2) is 6.01. The number of fused-ring (bicyclic) bond motifs is 5. The van der Waals surface area contributed by atoms with Crippen molar-refractivity contribution < 1.29 is 9.90 Å². The normalized spacial score (nSPS) is 46.3. The van der Waals surface area contributed by atoms with Gasteiger partial charge in [-0.1, -0.05) is 26.0 Å². The Kier molecular flexibility index (Phi) is 3.92. The summed E-state index contributed by atoms with van der Waals surface area (Å²) in [4.78, 5) is 17.5. The van der Waals surface area contributed by atoms with Gasteiger partial charge in [0.1, 0.15) is 5.78 Å². The summed E-state index contributed by atoms with van der Waals surface area (Å²) in [5.41, 5.74) is 2.98. The van der Waals surface area contributed by atoms with Gasteiger partial charge in [0.15, 0.2) is 0 Å². The van der Waals surface area contributed by atoms with E-state index >= 15 is 0 Å². The summed E-state index contributed by atoms with van der Waals surface area (Å²) in [5.74, 6) is 2.21. The Labute approximate surface area is 162 Å². The van der Waals surface area contributed by atoms with E-state index in [0.29, 0.717) is 30.0 Å². The van der Waals surface area contributed by atoms with Crippen molar-refractivity contribution in [2.24, 2.45) is 34.5 Å². The largest absolute Gasteiger partial charge is 0.393 e. The van der Waals surface area contributed by atoms with E-state index in [4.69, 9.17) is 0 Å². The highest BCUT2D eigenvalue weighted by Gasteiger charge is 2.60. The fraction of sp³-hybridized carbons (Fsp3) is 0.667. The highest BCUT2D eigenvalue weighted by Crippen LogP contribution is 2.66. The van der Waals surface area contributed by atoms with E-state index in [0.717, 1.165) is 25.7 Å². The first-order valence-corrected chi connectivity index (χ1v) is 10.8. The second-order valence-corrected chi connectivity index (χ2v) is 10.1. The maximum absolute atomic E-state index is 13.1. The molecule has 0 aromatic carbocycles. The smallest absolute Gasteiger partial charge is 0.136 e. The summed E-state index contributed by atoms with van der Waals surface area (Å²) in [6.07, 6.45) is 12.8. The minimum Gasteiger partial charge on any atom is -0.393 e. The summed E-state index contributed by atoms with van der Waals surface area (Å²) in [7, 11) is 0. The molecule has 2 unspecified atom stereocenters. The summed E-state index contributed by atoms with van der Waals surface area (Å²) in [5, 5.41) is 10.2. The number of aliphatic hydroxyl groups excluding tert-OH is 1. The lowest BCUT2D eigenvalue weighted by molar-refractivity contribution is -0.156. The monoisotopic (exact) mass is 365 g/mol. The van der Waals surface area contributed by atoms with Crippen molar-refractivity contribution in [2.75, 3.05) is 0 Å². The van der Waals surface area contributed by atoms with Gasteiger partial charge in [-0.2, -0.15) is 0 Å². The van der Waals surface area contributed by atoms with E-state index in [9.17, 15) is 9.90 Å². The molecule has 7 atom stereocenters. The Morgan fingerprint density at radius 3 is 2.81 bits per heavy atom. The number of allylic oxidation sites excluding steroid dienone is 2. The van der Waals surface area contributed by atoms with E-state index in [2.05, 4.69) is 31.0 Å². The lowest BCUT2D eigenvalue weighted by Gasteiger charge is -2.60. The lowest BCUT2D eigenvalue weighted by atomic mass is 9.44. The lowest BCUT2D eigenvalue weighted by Crippen LogP contribution is -2.56. The Morgan fingerprint density at radius 2 is 2.04 bits per heavy atom. The predicted molar refractivity (Wildman–Crippen MR) is 106 cm³/mol. The molecule has 0 aliphatic heterocycles. The van der Waals surface area contributed by atoms with E-state index in [1.54, 1.807) is 0 Å². The topological polar surface area (TPSA) is 50.2 Å². The number of pyridine rings is 1. The molecule has 1 N–H and O–H groups in total. The number of nitrogens with zero attached hydrogens (tertiary/aromatic N) is 1. The summed E-state index contributed by atoms with van der Waals surface area (Å²) in [6.45, 7) is 4.80. The Hall–Kier alpha value is -1.48. The first-order chi connectivity index (χ1) is 12.9. The van der Waals surface area contributed by atoms with Gasteiger partial charge in [-0.05, 0) is 84.3 Å². The van der Waals surface area contributed by atoms with Crippen LogP contribution < -0.4 is 0 Å². The molecule has 1 aromatic rings. The molecule has 0 spiro atoms. The zero-order valence-corrected chi connectivity index (χ0v) is 16.5. The van der Waals surface area contributed by atoms with Crippen LogP contribution in [0.4, 0.5) is 0 Å². The highest BCUT2D eigenvalue weighted by molar-refractivity contribution is 5.84. The van der Waals surface area contributed by atoms with Gasteiger partial charge < -0.3 is 5.11 Å². The third-order valence-electron chi connectivity index (χ3n) is 8.98. The van der Waals surface area contributed by atoms with Crippen LogP contribution in [0, 0.1) is 34.5 Å². The summed E-state index contributed by atoms with van der Waals surface area (Å²) < 4.78 is 0. The summed E-state index contributed by atoms with van der Waals surface area (Å²) in [6, 6.07) is 4.21. The van der Waals surface area contributed by atoms with Gasteiger partial charge in [0.05, 0.1) is 6.10 Å². The first-order valence-electron chi connectivity index (χ1n) is 10.8. The molecular weight excluding hydrogens is 334 g/mol. The molecule has 3 saturated carbocycles. The van der Waals surface area contributed by atoms with Crippen LogP contribution in [-0.2, 0) is 4.79 Å². The number of rotatable bonds is 1. The zero-order valence-electron chi connectivity index (χ0n) is 16.5. The van der Waals surface area contributed by atoms with Gasteiger partial charge in [0.25, 0.3) is 0 Å². The Balaban J connectivity index is 1.48. The van der Waals surface area contributed by atoms with Crippen molar-refractivity contribution in [2.45, 2.75) is 64.9 Å². The van der Waals surface area contributed by atoms with Gasteiger partial charge in [-0.15, -0.1) is 0 Å². The van der Waals surface area contributed by atoms with Crippen LogP contribution in [0.15, 0.2) is 30.6 Å². The number of ketones is 1. The predicted octanol–water partition coefficient (Wildman–Crippen LogP) is 4.66. The molecule has 0 amide bonds. The van der Waals surface area contributed by atoms with E-state index < -0.39 is 0 Å². The van der Waals surface area contributed by atoms with Crippen LogP contribution in [0.25, 0.3) is 5.57 Å². The SMILES string of the molecule is C[C@]12CCC(O)CC1C(=O)C[C@@H]1[C@H]2CC[C@]2(C)C(c3cccnc3)=CC[C@@H]12. The molecule has 0 saturated heterocycles. The molecule has 0 bridgehead atoms. The average molecular weight is 366 g/mol. The fourth-order valence-corrected chi connectivity index (χ4v) is 7.56. The van der Waals surface area contributed by atoms with Crippen LogP contribution >= 0.6 is 0 Å². The van der Waals surface area contributed by atoms with Gasteiger partial charge in [0, 0.05) is 24.7 Å². The summed E-state index contributed by atoms with van der Waals surface area (Å²) >= 11 is 0. The molecule has 4 aliphatic carbocycles. The first kappa shape index (κ1) is 17.6. The van der Waals surface area contributed by atoms with E-state index in [1.807, 2.05) is 18.5 Å². The van der Waals surface area contributed by atoms with Crippen molar-refractivity contribution >= 4 is 11.4 Å². The quantitative estimate of drug-likeness (QED) is 0.787. The molecule has 1 heterocycles. The minimum absolute atomic E-state index is 0.0824.